The number of benzene rings is 1. The second-order valence-electron chi connectivity index (χ2n) is 3.70. The predicted molar refractivity (Wildman–Crippen MR) is 55.3 cm³/mol. The molecule has 1 N–H and O–H groups in total. The molecule has 0 radical (unpaired) electrons. The number of hydrogen-bond donors (Lipinski definition) is 1. The van der Waals surface area contributed by atoms with Crippen molar-refractivity contribution in [1.82, 2.24) is 0 Å². The fourth-order valence-electron chi connectivity index (χ4n) is 1.76. The third-order valence-electron chi connectivity index (χ3n) is 2.56. The predicted octanol–water partition coefficient (Wildman–Crippen LogP) is 2.69. The first kappa shape index (κ1) is 10.9. The SMILES string of the molecule is OC1CCOC(c2cc(Cl)ccc2F)C1. The van der Waals surface area contributed by atoms with Crippen molar-refractivity contribution in [2.75, 3.05) is 6.61 Å². The van der Waals surface area contributed by atoms with E-state index in [1.807, 2.05) is 0 Å². The van der Waals surface area contributed by atoms with Crippen LogP contribution in [0, 0.1) is 5.82 Å². The molecule has 15 heavy (non-hydrogen) atoms. The Hall–Kier alpha value is -0.640. The molecule has 1 aliphatic heterocycles. The normalized spacial score (nSPS) is 26.6. The minimum atomic E-state index is -0.415. The molecular formula is C11H12ClFO2. The highest BCUT2D eigenvalue weighted by molar-refractivity contribution is 6.30. The molecule has 1 aromatic carbocycles. The van der Waals surface area contributed by atoms with Gasteiger partial charge in [-0.05, 0) is 24.6 Å². The van der Waals surface area contributed by atoms with Gasteiger partial charge < -0.3 is 9.84 Å². The average Bonchev–Trinajstić information content (AvgIpc) is 2.22. The van der Waals surface area contributed by atoms with Crippen LogP contribution < -0.4 is 0 Å². The van der Waals surface area contributed by atoms with Gasteiger partial charge in [0.25, 0.3) is 0 Å². The van der Waals surface area contributed by atoms with Crippen LogP contribution in [0.2, 0.25) is 5.02 Å². The Bertz CT molecular complexity index is 356. The standard InChI is InChI=1S/C11H12ClFO2/c12-7-1-2-10(13)9(5-7)11-6-8(14)3-4-15-11/h1-2,5,8,11,14H,3-4,6H2. The molecule has 2 atom stereocenters. The highest BCUT2D eigenvalue weighted by atomic mass is 35.5. The maximum absolute atomic E-state index is 13.5. The molecule has 4 heteroatoms. The summed E-state index contributed by atoms with van der Waals surface area (Å²) >= 11 is 5.79. The largest absolute Gasteiger partial charge is 0.393 e. The Kier molecular flexibility index (Phi) is 3.24. The molecule has 2 nitrogen and oxygen atoms in total. The molecule has 1 saturated heterocycles. The Balaban J connectivity index is 2.24. The molecule has 82 valence electrons. The van der Waals surface area contributed by atoms with Crippen LogP contribution >= 0.6 is 11.6 Å². The molecule has 1 fully saturated rings. The van der Waals surface area contributed by atoms with Crippen LogP contribution in [0.5, 0.6) is 0 Å². The minimum absolute atomic E-state index is 0.335. The van der Waals surface area contributed by atoms with Gasteiger partial charge >= 0.3 is 0 Å². The van der Waals surface area contributed by atoms with Crippen molar-refractivity contribution < 1.29 is 14.2 Å². The van der Waals surface area contributed by atoms with Crippen LogP contribution in [0.4, 0.5) is 4.39 Å². The van der Waals surface area contributed by atoms with E-state index in [1.165, 1.54) is 12.1 Å². The molecule has 0 spiro atoms. The second-order valence-corrected chi connectivity index (χ2v) is 4.14. The highest BCUT2D eigenvalue weighted by Gasteiger charge is 2.24. The summed E-state index contributed by atoms with van der Waals surface area (Å²) in [6.45, 7) is 0.456. The van der Waals surface area contributed by atoms with E-state index < -0.39 is 6.10 Å². The van der Waals surface area contributed by atoms with Crippen LogP contribution in [0.25, 0.3) is 0 Å². The monoisotopic (exact) mass is 230 g/mol. The molecule has 0 aliphatic carbocycles. The Morgan fingerprint density at radius 1 is 1.47 bits per heavy atom. The zero-order chi connectivity index (χ0) is 10.8. The van der Waals surface area contributed by atoms with E-state index in [-0.39, 0.29) is 11.9 Å². The van der Waals surface area contributed by atoms with Crippen LogP contribution in [0.1, 0.15) is 24.5 Å². The van der Waals surface area contributed by atoms with E-state index in [2.05, 4.69) is 0 Å². The van der Waals surface area contributed by atoms with Crippen LogP contribution in [0.15, 0.2) is 18.2 Å². The molecule has 0 bridgehead atoms. The zero-order valence-corrected chi connectivity index (χ0v) is 8.88. The van der Waals surface area contributed by atoms with Crippen LogP contribution in [0.3, 0.4) is 0 Å². The van der Waals surface area contributed by atoms with Crippen molar-refractivity contribution in [3.8, 4) is 0 Å². The zero-order valence-electron chi connectivity index (χ0n) is 8.12. The summed E-state index contributed by atoms with van der Waals surface area (Å²) < 4.78 is 18.9. The molecule has 1 heterocycles. The van der Waals surface area contributed by atoms with Gasteiger partial charge in [0.05, 0.1) is 12.2 Å². The minimum Gasteiger partial charge on any atom is -0.393 e. The van der Waals surface area contributed by atoms with Gasteiger partial charge in [-0.3, -0.25) is 0 Å². The lowest BCUT2D eigenvalue weighted by Gasteiger charge is -2.27. The molecule has 2 rings (SSSR count). The first-order valence-corrected chi connectivity index (χ1v) is 5.29. The number of aliphatic hydroxyl groups excluding tert-OH is 1. The maximum Gasteiger partial charge on any atom is 0.129 e. The lowest BCUT2D eigenvalue weighted by Crippen LogP contribution is -2.24. The van der Waals surface area contributed by atoms with Crippen molar-refractivity contribution in [1.29, 1.82) is 0 Å². The van der Waals surface area contributed by atoms with Gasteiger partial charge in [-0.15, -0.1) is 0 Å². The van der Waals surface area contributed by atoms with Gasteiger partial charge in [0.1, 0.15) is 5.82 Å². The number of aliphatic hydroxyl groups is 1. The lowest BCUT2D eigenvalue weighted by molar-refractivity contribution is -0.0461. The van der Waals surface area contributed by atoms with Crippen LogP contribution in [-0.2, 0) is 4.74 Å². The first-order valence-electron chi connectivity index (χ1n) is 4.91. The number of ether oxygens (including phenoxy) is 1. The Morgan fingerprint density at radius 3 is 3.00 bits per heavy atom. The van der Waals surface area contributed by atoms with Gasteiger partial charge in [-0.2, -0.15) is 0 Å². The molecular weight excluding hydrogens is 219 g/mol. The van der Waals surface area contributed by atoms with Crippen LogP contribution in [-0.4, -0.2) is 17.8 Å². The second kappa shape index (κ2) is 4.47. The van der Waals surface area contributed by atoms with Gasteiger partial charge in [0.15, 0.2) is 0 Å². The summed E-state index contributed by atoms with van der Waals surface area (Å²) in [7, 11) is 0. The van der Waals surface area contributed by atoms with Gasteiger partial charge in [-0.1, -0.05) is 11.6 Å². The topological polar surface area (TPSA) is 29.5 Å². The van der Waals surface area contributed by atoms with E-state index in [0.717, 1.165) is 0 Å². The number of halogens is 2. The first-order chi connectivity index (χ1) is 7.16. The summed E-state index contributed by atoms with van der Waals surface area (Å²) in [5, 5.41) is 9.95. The van der Waals surface area contributed by atoms with Gasteiger partial charge in [0.2, 0.25) is 0 Å². The fourth-order valence-corrected chi connectivity index (χ4v) is 1.94. The quantitative estimate of drug-likeness (QED) is 0.804. The molecule has 0 amide bonds. The Morgan fingerprint density at radius 2 is 2.27 bits per heavy atom. The van der Waals surface area contributed by atoms with Crippen molar-refractivity contribution >= 4 is 11.6 Å². The van der Waals surface area contributed by atoms with Crippen molar-refractivity contribution in [2.24, 2.45) is 0 Å². The molecule has 2 unspecified atom stereocenters. The maximum atomic E-state index is 13.5. The smallest absolute Gasteiger partial charge is 0.129 e. The van der Waals surface area contributed by atoms with E-state index in [4.69, 9.17) is 16.3 Å². The summed E-state index contributed by atoms with van der Waals surface area (Å²) in [6.07, 6.45) is 0.241. The van der Waals surface area contributed by atoms with Crippen molar-refractivity contribution in [3.63, 3.8) is 0 Å². The third-order valence-corrected chi connectivity index (χ3v) is 2.80. The lowest BCUT2D eigenvalue weighted by atomic mass is 9.99. The Labute approximate surface area is 92.6 Å². The third kappa shape index (κ3) is 2.48. The summed E-state index contributed by atoms with van der Waals surface area (Å²) in [4.78, 5) is 0. The fraction of sp³-hybridized carbons (Fsp3) is 0.455. The summed E-state index contributed by atoms with van der Waals surface area (Å²) in [5.74, 6) is -0.335. The van der Waals surface area contributed by atoms with E-state index >= 15 is 0 Å². The van der Waals surface area contributed by atoms with Gasteiger partial charge in [0, 0.05) is 23.6 Å². The highest BCUT2D eigenvalue weighted by Crippen LogP contribution is 2.31. The molecule has 1 aliphatic rings. The van der Waals surface area contributed by atoms with Gasteiger partial charge in [-0.25, -0.2) is 4.39 Å². The summed E-state index contributed by atoms with van der Waals surface area (Å²) in [5.41, 5.74) is 0.432. The number of hydrogen-bond acceptors (Lipinski definition) is 2. The van der Waals surface area contributed by atoms with E-state index in [9.17, 15) is 9.50 Å². The van der Waals surface area contributed by atoms with Crippen molar-refractivity contribution in [3.05, 3.63) is 34.6 Å². The van der Waals surface area contributed by atoms with E-state index in [1.54, 1.807) is 6.07 Å². The molecule has 0 aromatic heterocycles. The average molecular weight is 231 g/mol. The number of rotatable bonds is 1. The van der Waals surface area contributed by atoms with Crippen molar-refractivity contribution in [2.45, 2.75) is 25.0 Å². The molecule has 0 saturated carbocycles. The summed E-state index contributed by atoms with van der Waals surface area (Å²) in [6, 6.07) is 4.38. The molecule has 1 aromatic rings. The van der Waals surface area contributed by atoms with E-state index in [0.29, 0.717) is 30.0 Å².